The molecule has 0 radical (unpaired) electrons. The van der Waals surface area contributed by atoms with Gasteiger partial charge in [-0.05, 0) is 37.3 Å². The zero-order valence-electron chi connectivity index (χ0n) is 14.2. The molecule has 1 aliphatic heterocycles. The van der Waals surface area contributed by atoms with Gasteiger partial charge in [-0.15, -0.1) is 0 Å². The van der Waals surface area contributed by atoms with E-state index in [2.05, 4.69) is 5.32 Å². The van der Waals surface area contributed by atoms with Crippen LogP contribution in [0.25, 0.3) is 0 Å². The van der Waals surface area contributed by atoms with E-state index in [0.29, 0.717) is 5.69 Å². The largest absolute Gasteiger partial charge is 0.465 e. The van der Waals surface area contributed by atoms with Crippen LogP contribution in [0.3, 0.4) is 0 Å². The van der Waals surface area contributed by atoms with Gasteiger partial charge in [0, 0.05) is 12.1 Å². The predicted octanol–water partition coefficient (Wildman–Crippen LogP) is 2.34. The number of rotatable bonds is 4. The first-order valence-corrected chi connectivity index (χ1v) is 7.96. The standard InChI is InChI=1S/C19H16N2O5/c1-3-21-17(23)12-9-8-11(10-14(12)18(21)24)16(22)20-15-7-5-4-6-13(15)19(25)26-2/h4-10H,3H2,1-2H3,(H,20,22). The molecule has 1 heterocycles. The Morgan fingerprint density at radius 3 is 2.42 bits per heavy atom. The Bertz CT molecular complexity index is 935. The van der Waals surface area contributed by atoms with Crippen LogP contribution in [0, 0.1) is 0 Å². The number of carbonyl (C=O) groups is 4. The number of methoxy groups -OCH3 is 1. The number of nitrogens with zero attached hydrogens (tertiary/aromatic N) is 1. The summed E-state index contributed by atoms with van der Waals surface area (Å²) in [6.07, 6.45) is 0. The Morgan fingerprint density at radius 2 is 1.73 bits per heavy atom. The number of carbonyl (C=O) groups excluding carboxylic acids is 4. The van der Waals surface area contributed by atoms with E-state index < -0.39 is 17.8 Å². The first-order chi connectivity index (χ1) is 12.5. The fraction of sp³-hybridized carbons (Fsp3) is 0.158. The third kappa shape index (κ3) is 2.83. The van der Waals surface area contributed by atoms with Crippen LogP contribution in [0.4, 0.5) is 5.69 Å². The van der Waals surface area contributed by atoms with Crippen molar-refractivity contribution in [2.24, 2.45) is 0 Å². The highest BCUT2D eigenvalue weighted by molar-refractivity contribution is 6.22. The lowest BCUT2D eigenvalue weighted by atomic mass is 10.0. The van der Waals surface area contributed by atoms with E-state index in [4.69, 9.17) is 4.74 Å². The Balaban J connectivity index is 1.90. The molecule has 0 saturated carbocycles. The molecule has 0 fully saturated rings. The van der Waals surface area contributed by atoms with E-state index in [1.165, 1.54) is 31.4 Å². The van der Waals surface area contributed by atoms with Gasteiger partial charge in [0.15, 0.2) is 0 Å². The molecule has 3 rings (SSSR count). The molecule has 2 aromatic rings. The predicted molar refractivity (Wildman–Crippen MR) is 93.2 cm³/mol. The lowest BCUT2D eigenvalue weighted by Crippen LogP contribution is -2.29. The summed E-state index contributed by atoms with van der Waals surface area (Å²) in [5.74, 6) is -1.86. The van der Waals surface area contributed by atoms with Crippen molar-refractivity contribution in [1.82, 2.24) is 4.90 Å². The molecule has 3 amide bonds. The number of anilines is 1. The van der Waals surface area contributed by atoms with Crippen molar-refractivity contribution in [3.8, 4) is 0 Å². The summed E-state index contributed by atoms with van der Waals surface area (Å²) in [4.78, 5) is 49.8. The van der Waals surface area contributed by atoms with Crippen molar-refractivity contribution >= 4 is 29.4 Å². The number of hydrogen-bond acceptors (Lipinski definition) is 5. The highest BCUT2D eigenvalue weighted by Crippen LogP contribution is 2.24. The van der Waals surface area contributed by atoms with Crippen LogP contribution in [0.5, 0.6) is 0 Å². The molecule has 0 bridgehead atoms. The number of esters is 1. The Hall–Kier alpha value is -3.48. The van der Waals surface area contributed by atoms with Crippen molar-refractivity contribution in [3.05, 3.63) is 64.7 Å². The quantitative estimate of drug-likeness (QED) is 0.673. The van der Waals surface area contributed by atoms with Gasteiger partial charge in [-0.2, -0.15) is 0 Å². The minimum atomic E-state index is -0.575. The number of hydrogen-bond donors (Lipinski definition) is 1. The second kappa shape index (κ2) is 6.79. The molecule has 0 atom stereocenters. The highest BCUT2D eigenvalue weighted by Gasteiger charge is 2.34. The summed E-state index contributed by atoms with van der Waals surface area (Å²) >= 11 is 0. The maximum Gasteiger partial charge on any atom is 0.339 e. The van der Waals surface area contributed by atoms with Crippen LogP contribution in [0.1, 0.15) is 48.4 Å². The number of nitrogens with one attached hydrogen (secondary N) is 1. The summed E-state index contributed by atoms with van der Waals surface area (Å²) in [5, 5.41) is 2.63. The molecule has 0 spiro atoms. The van der Waals surface area contributed by atoms with Crippen LogP contribution >= 0.6 is 0 Å². The molecule has 1 aliphatic rings. The van der Waals surface area contributed by atoms with Crippen molar-refractivity contribution in [1.29, 1.82) is 0 Å². The molecule has 132 valence electrons. The van der Waals surface area contributed by atoms with Gasteiger partial charge in [-0.3, -0.25) is 19.3 Å². The first-order valence-electron chi connectivity index (χ1n) is 7.96. The van der Waals surface area contributed by atoms with Gasteiger partial charge in [0.05, 0.1) is 29.5 Å². The van der Waals surface area contributed by atoms with E-state index in [0.717, 1.165) is 4.90 Å². The molecule has 7 nitrogen and oxygen atoms in total. The van der Waals surface area contributed by atoms with Crippen LogP contribution in [-0.4, -0.2) is 42.2 Å². The van der Waals surface area contributed by atoms with Gasteiger partial charge in [0.2, 0.25) is 0 Å². The second-order valence-electron chi connectivity index (χ2n) is 5.61. The van der Waals surface area contributed by atoms with Gasteiger partial charge in [-0.1, -0.05) is 12.1 Å². The number of fused-ring (bicyclic) bond motifs is 1. The maximum absolute atomic E-state index is 12.5. The number of amides is 3. The van der Waals surface area contributed by atoms with Gasteiger partial charge in [0.1, 0.15) is 0 Å². The molecule has 1 N–H and O–H groups in total. The number of imide groups is 1. The van der Waals surface area contributed by atoms with E-state index in [9.17, 15) is 19.2 Å². The molecular formula is C19H16N2O5. The van der Waals surface area contributed by atoms with Gasteiger partial charge in [-0.25, -0.2) is 4.79 Å². The van der Waals surface area contributed by atoms with Gasteiger partial charge < -0.3 is 10.1 Å². The van der Waals surface area contributed by atoms with Crippen molar-refractivity contribution < 1.29 is 23.9 Å². The van der Waals surface area contributed by atoms with E-state index >= 15 is 0 Å². The maximum atomic E-state index is 12.5. The SMILES string of the molecule is CCN1C(=O)c2ccc(C(=O)Nc3ccccc3C(=O)OC)cc2C1=O. The molecule has 0 saturated heterocycles. The van der Waals surface area contributed by atoms with Gasteiger partial charge >= 0.3 is 5.97 Å². The van der Waals surface area contributed by atoms with Crippen molar-refractivity contribution in [3.63, 3.8) is 0 Å². The Labute approximate surface area is 149 Å². The van der Waals surface area contributed by atoms with Crippen LogP contribution in [0.15, 0.2) is 42.5 Å². The smallest absolute Gasteiger partial charge is 0.339 e. The van der Waals surface area contributed by atoms with Gasteiger partial charge in [0.25, 0.3) is 17.7 Å². The van der Waals surface area contributed by atoms with Crippen LogP contribution in [0.2, 0.25) is 0 Å². The fourth-order valence-electron chi connectivity index (χ4n) is 2.79. The zero-order chi connectivity index (χ0) is 18.8. The van der Waals surface area contributed by atoms with Crippen LogP contribution < -0.4 is 5.32 Å². The summed E-state index contributed by atoms with van der Waals surface area (Å²) < 4.78 is 4.70. The molecule has 0 unspecified atom stereocenters. The topological polar surface area (TPSA) is 92.8 Å². The number of para-hydroxylation sites is 1. The lowest BCUT2D eigenvalue weighted by molar-refractivity contribution is 0.0599. The summed E-state index contributed by atoms with van der Waals surface area (Å²) in [6, 6.07) is 10.8. The molecular weight excluding hydrogens is 336 g/mol. The molecule has 0 aromatic heterocycles. The number of benzene rings is 2. The van der Waals surface area contributed by atoms with Crippen LogP contribution in [-0.2, 0) is 4.74 Å². The summed E-state index contributed by atoms with van der Waals surface area (Å²) in [7, 11) is 1.25. The fourth-order valence-corrected chi connectivity index (χ4v) is 2.79. The third-order valence-corrected chi connectivity index (χ3v) is 4.13. The van der Waals surface area contributed by atoms with Crippen molar-refractivity contribution in [2.45, 2.75) is 6.92 Å². The third-order valence-electron chi connectivity index (χ3n) is 4.13. The molecule has 2 aromatic carbocycles. The zero-order valence-corrected chi connectivity index (χ0v) is 14.2. The summed E-state index contributed by atoms with van der Waals surface area (Å²) in [6.45, 7) is 1.97. The average Bonchev–Trinajstić information content (AvgIpc) is 2.91. The monoisotopic (exact) mass is 352 g/mol. The Morgan fingerprint density at radius 1 is 1.04 bits per heavy atom. The minimum absolute atomic E-state index is 0.200. The molecule has 7 heteroatoms. The minimum Gasteiger partial charge on any atom is -0.465 e. The second-order valence-corrected chi connectivity index (χ2v) is 5.61. The molecule has 0 aliphatic carbocycles. The average molecular weight is 352 g/mol. The van der Waals surface area contributed by atoms with Crippen molar-refractivity contribution in [2.75, 3.05) is 19.0 Å². The normalized spacial score (nSPS) is 12.8. The Kier molecular flexibility index (Phi) is 4.53. The summed E-state index contributed by atoms with van der Waals surface area (Å²) in [5.41, 5.74) is 1.20. The lowest BCUT2D eigenvalue weighted by Gasteiger charge is -2.10. The number of ether oxygens (including phenoxy) is 1. The van der Waals surface area contributed by atoms with E-state index in [1.54, 1.807) is 25.1 Å². The first kappa shape index (κ1) is 17.3. The van der Waals surface area contributed by atoms with E-state index in [-0.39, 0.29) is 34.7 Å². The van der Waals surface area contributed by atoms with E-state index in [1.807, 2.05) is 0 Å². The molecule has 26 heavy (non-hydrogen) atoms. The highest BCUT2D eigenvalue weighted by atomic mass is 16.5.